The lowest BCUT2D eigenvalue weighted by atomic mass is 10.2. The van der Waals surface area contributed by atoms with Crippen molar-refractivity contribution in [1.29, 1.82) is 0 Å². The standard InChI is InChI=1S/C11H18N2O/c1-6-10(14-7-2)8-11(9(3)4)13-12-5/h8H,3,5-7H2,1-2,4H3/b10-8+,13-11+. The van der Waals surface area contributed by atoms with E-state index >= 15 is 0 Å². The summed E-state index contributed by atoms with van der Waals surface area (Å²) < 4.78 is 5.40. The van der Waals surface area contributed by atoms with E-state index in [0.29, 0.717) is 12.3 Å². The van der Waals surface area contributed by atoms with Gasteiger partial charge in [0.1, 0.15) is 0 Å². The predicted molar refractivity (Wildman–Crippen MR) is 61.8 cm³/mol. The van der Waals surface area contributed by atoms with Gasteiger partial charge in [-0.3, -0.25) is 0 Å². The number of hydrogen-bond donors (Lipinski definition) is 0. The average Bonchev–Trinajstić information content (AvgIpc) is 2.15. The number of allylic oxidation sites excluding steroid dienone is 3. The van der Waals surface area contributed by atoms with Crippen LogP contribution >= 0.6 is 0 Å². The zero-order chi connectivity index (χ0) is 11.0. The normalized spacial score (nSPS) is 12.5. The van der Waals surface area contributed by atoms with Crippen LogP contribution in [0, 0.1) is 0 Å². The van der Waals surface area contributed by atoms with E-state index in [1.165, 1.54) is 0 Å². The van der Waals surface area contributed by atoms with Gasteiger partial charge in [-0.05, 0) is 19.4 Å². The van der Waals surface area contributed by atoms with E-state index in [-0.39, 0.29) is 0 Å². The van der Waals surface area contributed by atoms with Gasteiger partial charge in [0, 0.05) is 19.2 Å². The molecular weight excluding hydrogens is 176 g/mol. The number of ether oxygens (including phenoxy) is 1. The molecule has 0 heterocycles. The Hall–Kier alpha value is -1.38. The quantitative estimate of drug-likeness (QED) is 0.363. The molecule has 78 valence electrons. The van der Waals surface area contributed by atoms with Crippen LogP contribution in [0.1, 0.15) is 27.2 Å². The van der Waals surface area contributed by atoms with Gasteiger partial charge in [-0.2, -0.15) is 10.2 Å². The van der Waals surface area contributed by atoms with E-state index in [2.05, 4.69) is 23.5 Å². The molecule has 0 unspecified atom stereocenters. The van der Waals surface area contributed by atoms with Crippen molar-refractivity contribution in [2.75, 3.05) is 6.61 Å². The lowest BCUT2D eigenvalue weighted by Crippen LogP contribution is -1.99. The zero-order valence-corrected chi connectivity index (χ0v) is 9.21. The smallest absolute Gasteiger partial charge is 0.0979 e. The van der Waals surface area contributed by atoms with Crippen LogP contribution in [0.3, 0.4) is 0 Å². The van der Waals surface area contributed by atoms with Crippen LogP contribution in [0.4, 0.5) is 0 Å². The highest BCUT2D eigenvalue weighted by Crippen LogP contribution is 2.06. The lowest BCUT2D eigenvalue weighted by molar-refractivity contribution is 0.221. The number of nitrogens with zero attached hydrogens (tertiary/aromatic N) is 2. The van der Waals surface area contributed by atoms with Crippen molar-refractivity contribution in [2.45, 2.75) is 27.2 Å². The van der Waals surface area contributed by atoms with Gasteiger partial charge < -0.3 is 4.74 Å². The molecular formula is C11H18N2O. The molecule has 3 heteroatoms. The van der Waals surface area contributed by atoms with E-state index in [9.17, 15) is 0 Å². The van der Waals surface area contributed by atoms with Crippen LogP contribution in [0.2, 0.25) is 0 Å². The molecule has 0 aliphatic rings. The summed E-state index contributed by atoms with van der Waals surface area (Å²) in [6.45, 7) is 13.6. The molecule has 0 fully saturated rings. The minimum Gasteiger partial charge on any atom is -0.498 e. The fraction of sp³-hybridized carbons (Fsp3) is 0.455. The van der Waals surface area contributed by atoms with Crippen molar-refractivity contribution in [3.63, 3.8) is 0 Å². The summed E-state index contributed by atoms with van der Waals surface area (Å²) in [4.78, 5) is 0. The maximum atomic E-state index is 5.40. The van der Waals surface area contributed by atoms with Gasteiger partial charge in [0.25, 0.3) is 0 Å². The Balaban J connectivity index is 4.76. The third-order valence-corrected chi connectivity index (χ3v) is 1.59. The summed E-state index contributed by atoms with van der Waals surface area (Å²) in [5.41, 5.74) is 1.56. The summed E-state index contributed by atoms with van der Waals surface area (Å²) in [6.07, 6.45) is 2.68. The highest BCUT2D eigenvalue weighted by Gasteiger charge is 2.00. The van der Waals surface area contributed by atoms with Gasteiger partial charge in [0.05, 0.1) is 18.1 Å². The molecule has 0 saturated carbocycles. The van der Waals surface area contributed by atoms with Crippen molar-refractivity contribution in [1.82, 2.24) is 0 Å². The Kier molecular flexibility index (Phi) is 6.37. The fourth-order valence-electron chi connectivity index (χ4n) is 0.897. The lowest BCUT2D eigenvalue weighted by Gasteiger charge is -2.06. The average molecular weight is 194 g/mol. The van der Waals surface area contributed by atoms with Crippen molar-refractivity contribution < 1.29 is 4.74 Å². The molecule has 14 heavy (non-hydrogen) atoms. The van der Waals surface area contributed by atoms with E-state index in [4.69, 9.17) is 4.74 Å². The van der Waals surface area contributed by atoms with Gasteiger partial charge in [0.2, 0.25) is 0 Å². The third-order valence-electron chi connectivity index (χ3n) is 1.59. The van der Waals surface area contributed by atoms with Crippen molar-refractivity contribution in [3.8, 4) is 0 Å². The fourth-order valence-corrected chi connectivity index (χ4v) is 0.897. The molecule has 0 aromatic carbocycles. The highest BCUT2D eigenvalue weighted by atomic mass is 16.5. The first-order valence-corrected chi connectivity index (χ1v) is 4.68. The monoisotopic (exact) mass is 194 g/mol. The first-order chi connectivity index (χ1) is 6.65. The molecule has 0 aromatic rings. The summed E-state index contributed by atoms with van der Waals surface area (Å²) in [5.74, 6) is 0.887. The van der Waals surface area contributed by atoms with Gasteiger partial charge in [-0.1, -0.05) is 13.5 Å². The van der Waals surface area contributed by atoms with E-state index < -0.39 is 0 Å². The third kappa shape index (κ3) is 4.60. The van der Waals surface area contributed by atoms with E-state index in [1.54, 1.807) is 0 Å². The Morgan fingerprint density at radius 3 is 2.43 bits per heavy atom. The molecule has 0 spiro atoms. The van der Waals surface area contributed by atoms with Crippen molar-refractivity contribution in [2.24, 2.45) is 10.2 Å². The molecule has 0 N–H and O–H groups in total. The maximum absolute atomic E-state index is 5.40. The Labute approximate surface area is 85.9 Å². The molecule has 0 atom stereocenters. The van der Waals surface area contributed by atoms with Crippen LogP contribution in [0.15, 0.2) is 34.2 Å². The number of rotatable bonds is 6. The van der Waals surface area contributed by atoms with Gasteiger partial charge >= 0.3 is 0 Å². The summed E-state index contributed by atoms with van der Waals surface area (Å²) in [5, 5.41) is 7.35. The van der Waals surface area contributed by atoms with Crippen molar-refractivity contribution >= 4 is 12.4 Å². The Morgan fingerprint density at radius 1 is 1.43 bits per heavy atom. The molecule has 0 rings (SSSR count). The van der Waals surface area contributed by atoms with Crippen LogP contribution in [0.5, 0.6) is 0 Å². The van der Waals surface area contributed by atoms with Crippen LogP contribution < -0.4 is 0 Å². The second-order valence-corrected chi connectivity index (χ2v) is 2.80. The minimum atomic E-state index is 0.657. The second-order valence-electron chi connectivity index (χ2n) is 2.80. The summed E-state index contributed by atoms with van der Waals surface area (Å²) >= 11 is 0. The number of hydrogen-bond acceptors (Lipinski definition) is 3. The predicted octanol–water partition coefficient (Wildman–Crippen LogP) is 2.95. The van der Waals surface area contributed by atoms with Gasteiger partial charge in [0.15, 0.2) is 0 Å². The van der Waals surface area contributed by atoms with Crippen LogP contribution in [-0.4, -0.2) is 19.0 Å². The molecule has 0 radical (unpaired) electrons. The van der Waals surface area contributed by atoms with Gasteiger partial charge in [-0.15, -0.1) is 0 Å². The first kappa shape index (κ1) is 12.6. The van der Waals surface area contributed by atoms with Crippen LogP contribution in [0.25, 0.3) is 0 Å². The Bertz CT molecular complexity index is 264. The molecule has 3 nitrogen and oxygen atoms in total. The van der Waals surface area contributed by atoms with Crippen molar-refractivity contribution in [3.05, 3.63) is 24.0 Å². The first-order valence-electron chi connectivity index (χ1n) is 4.68. The SMILES string of the molecule is C=N/N=C(\C=C(/CC)OCC)C(=C)C. The second kappa shape index (κ2) is 7.06. The zero-order valence-electron chi connectivity index (χ0n) is 9.21. The van der Waals surface area contributed by atoms with E-state index in [0.717, 1.165) is 17.8 Å². The molecule has 0 saturated heterocycles. The molecule has 0 bridgehead atoms. The molecule has 0 amide bonds. The largest absolute Gasteiger partial charge is 0.498 e. The Morgan fingerprint density at radius 2 is 2.07 bits per heavy atom. The minimum absolute atomic E-state index is 0.657. The molecule has 0 aromatic heterocycles. The summed E-state index contributed by atoms with van der Waals surface area (Å²) in [7, 11) is 0. The van der Waals surface area contributed by atoms with E-state index in [1.807, 2.05) is 26.8 Å². The topological polar surface area (TPSA) is 34.0 Å². The summed E-state index contributed by atoms with van der Waals surface area (Å²) in [6, 6.07) is 0. The molecule has 0 aliphatic heterocycles. The molecule has 0 aliphatic carbocycles. The maximum Gasteiger partial charge on any atom is 0.0979 e. The van der Waals surface area contributed by atoms with Crippen LogP contribution in [-0.2, 0) is 4.74 Å². The highest BCUT2D eigenvalue weighted by molar-refractivity contribution is 6.07. The van der Waals surface area contributed by atoms with Gasteiger partial charge in [-0.25, -0.2) is 0 Å².